The summed E-state index contributed by atoms with van der Waals surface area (Å²) in [6.45, 7) is 4.45. The number of allylic oxidation sites excluding steroid dienone is 12. The van der Waals surface area contributed by atoms with Gasteiger partial charge in [0, 0.05) is 19.3 Å². The van der Waals surface area contributed by atoms with Crippen LogP contribution >= 0.6 is 0 Å². The van der Waals surface area contributed by atoms with Gasteiger partial charge < -0.3 is 28.6 Å². The largest absolute Gasteiger partial charge is 0.544 e. The minimum atomic E-state index is -1.14. The van der Waals surface area contributed by atoms with Gasteiger partial charge in [-0.2, -0.15) is 0 Å². The number of likely N-dealkylation sites (N-methyl/N-ethyl adjacent to an activating group) is 1. The zero-order valence-corrected chi connectivity index (χ0v) is 32.7. The Bertz CT molecular complexity index is 1060. The number of nitrogens with zero attached hydrogens (tertiary/aromatic N) is 1. The number of carbonyl (C=O) groups is 3. The Kier molecular flexibility index (Phi) is 31.7. The van der Waals surface area contributed by atoms with Gasteiger partial charge in [0.1, 0.15) is 12.6 Å². The second kappa shape index (κ2) is 33.9. The van der Waals surface area contributed by atoms with Gasteiger partial charge in [0.05, 0.1) is 40.3 Å². The van der Waals surface area contributed by atoms with Crippen molar-refractivity contribution in [1.82, 2.24) is 0 Å². The first-order valence-electron chi connectivity index (χ1n) is 19.5. The molecule has 0 saturated carbocycles. The van der Waals surface area contributed by atoms with Crippen molar-refractivity contribution < 1.29 is 38.2 Å². The number of hydrogen-bond donors (Lipinski definition) is 0. The number of unbranched alkanes of at least 4 members (excludes halogenated alkanes) is 11. The molecule has 8 nitrogen and oxygen atoms in total. The van der Waals surface area contributed by atoms with Gasteiger partial charge in [-0.25, -0.2) is 0 Å². The van der Waals surface area contributed by atoms with Gasteiger partial charge >= 0.3 is 11.9 Å². The van der Waals surface area contributed by atoms with Crippen LogP contribution in [0.5, 0.6) is 0 Å². The number of esters is 2. The molecule has 0 fully saturated rings. The highest BCUT2D eigenvalue weighted by Crippen LogP contribution is 2.11. The average Bonchev–Trinajstić information content (AvgIpc) is 3.08. The fraction of sp³-hybridized carbons (Fsp3) is 0.651. The van der Waals surface area contributed by atoms with Crippen LogP contribution in [0.15, 0.2) is 72.9 Å². The molecular weight excluding hydrogens is 642 g/mol. The zero-order valence-electron chi connectivity index (χ0n) is 32.7. The van der Waals surface area contributed by atoms with Crippen molar-refractivity contribution in [2.75, 3.05) is 41.0 Å². The third-order valence-corrected chi connectivity index (χ3v) is 8.17. The summed E-state index contributed by atoms with van der Waals surface area (Å²) in [7, 11) is 5.37. The standard InChI is InChI=1S/C43H71NO7/c1-6-8-10-12-14-16-17-18-19-20-21-22-23-24-26-28-30-32-34-42(46)51-39(37-49-36-35-40(43(47)48)44(3,4)5)38-50-41(45)33-31-29-27-25-15-13-11-9-7-2/h10,12,14,16-22,25,27,39-40H,6-9,11,13,15,23-24,26,28-38H2,1-5H3/b12-10+,16-14+,18-17+,20-19+,22-21+,27-25+. The minimum absolute atomic E-state index is 0.0173. The lowest BCUT2D eigenvalue weighted by molar-refractivity contribution is -0.889. The van der Waals surface area contributed by atoms with Gasteiger partial charge in [-0.1, -0.05) is 132 Å². The first-order chi connectivity index (χ1) is 24.6. The first kappa shape index (κ1) is 47.8. The van der Waals surface area contributed by atoms with Crippen molar-refractivity contribution in [3.8, 4) is 0 Å². The molecule has 51 heavy (non-hydrogen) atoms. The van der Waals surface area contributed by atoms with E-state index in [0.717, 1.165) is 57.8 Å². The van der Waals surface area contributed by atoms with Crippen LogP contribution in [0.2, 0.25) is 0 Å². The van der Waals surface area contributed by atoms with E-state index in [2.05, 4.69) is 50.3 Å². The Hall–Kier alpha value is -3.23. The van der Waals surface area contributed by atoms with Crippen molar-refractivity contribution in [3.05, 3.63) is 72.9 Å². The molecule has 0 aliphatic carbocycles. The number of hydrogen-bond acceptors (Lipinski definition) is 7. The van der Waals surface area contributed by atoms with E-state index in [-0.39, 0.29) is 55.5 Å². The third kappa shape index (κ3) is 32.4. The van der Waals surface area contributed by atoms with Crippen LogP contribution in [0, 0.1) is 0 Å². The molecule has 0 aromatic rings. The summed E-state index contributed by atoms with van der Waals surface area (Å²) in [4.78, 5) is 36.6. The third-order valence-electron chi connectivity index (χ3n) is 8.17. The van der Waals surface area contributed by atoms with Crippen LogP contribution in [0.4, 0.5) is 0 Å². The highest BCUT2D eigenvalue weighted by atomic mass is 16.6. The van der Waals surface area contributed by atoms with E-state index in [9.17, 15) is 19.5 Å². The normalized spacial score (nSPS) is 13.8. The summed E-state index contributed by atoms with van der Waals surface area (Å²) in [6.07, 6.45) is 40.7. The average molecular weight is 714 g/mol. The summed E-state index contributed by atoms with van der Waals surface area (Å²) in [5, 5.41) is 11.6. The lowest BCUT2D eigenvalue weighted by Gasteiger charge is -2.34. The molecule has 0 amide bonds. The fourth-order valence-corrected chi connectivity index (χ4v) is 5.10. The second-order valence-corrected chi connectivity index (χ2v) is 13.9. The molecular formula is C43H71NO7. The molecule has 0 rings (SSSR count). The molecule has 0 radical (unpaired) electrons. The van der Waals surface area contributed by atoms with Gasteiger partial charge in [0.25, 0.3) is 0 Å². The van der Waals surface area contributed by atoms with E-state index in [1.807, 2.05) is 36.5 Å². The van der Waals surface area contributed by atoms with Crippen LogP contribution < -0.4 is 5.11 Å². The van der Waals surface area contributed by atoms with E-state index in [4.69, 9.17) is 14.2 Å². The van der Waals surface area contributed by atoms with Crippen molar-refractivity contribution in [2.45, 2.75) is 142 Å². The molecule has 2 unspecified atom stereocenters. The number of aliphatic carboxylic acids is 1. The highest BCUT2D eigenvalue weighted by Gasteiger charge is 2.25. The minimum Gasteiger partial charge on any atom is -0.544 e. The van der Waals surface area contributed by atoms with Crippen molar-refractivity contribution >= 4 is 17.9 Å². The van der Waals surface area contributed by atoms with Crippen molar-refractivity contribution in [2.24, 2.45) is 0 Å². The van der Waals surface area contributed by atoms with E-state index < -0.39 is 18.1 Å². The zero-order chi connectivity index (χ0) is 37.8. The van der Waals surface area contributed by atoms with Gasteiger partial charge in [-0.15, -0.1) is 0 Å². The second-order valence-electron chi connectivity index (χ2n) is 13.9. The Morgan fingerprint density at radius 1 is 0.588 bits per heavy atom. The van der Waals surface area contributed by atoms with E-state index >= 15 is 0 Å². The molecule has 0 spiro atoms. The van der Waals surface area contributed by atoms with E-state index in [0.29, 0.717) is 6.42 Å². The summed E-state index contributed by atoms with van der Waals surface area (Å²) in [5.74, 6) is -1.83. The topological polar surface area (TPSA) is 102 Å². The van der Waals surface area contributed by atoms with Crippen LogP contribution in [0.25, 0.3) is 0 Å². The molecule has 290 valence electrons. The predicted molar refractivity (Wildman–Crippen MR) is 208 cm³/mol. The quantitative estimate of drug-likeness (QED) is 0.0221. The van der Waals surface area contributed by atoms with Gasteiger partial charge in [0.15, 0.2) is 6.10 Å². The maximum atomic E-state index is 12.6. The highest BCUT2D eigenvalue weighted by molar-refractivity contribution is 5.70. The molecule has 8 heteroatoms. The maximum Gasteiger partial charge on any atom is 0.306 e. The molecule has 0 aliphatic rings. The van der Waals surface area contributed by atoms with Crippen molar-refractivity contribution in [1.29, 1.82) is 0 Å². The molecule has 0 saturated heterocycles. The van der Waals surface area contributed by atoms with Crippen LogP contribution in [0.3, 0.4) is 0 Å². The number of ether oxygens (including phenoxy) is 3. The fourth-order valence-electron chi connectivity index (χ4n) is 5.10. The van der Waals surface area contributed by atoms with E-state index in [1.165, 1.54) is 32.1 Å². The maximum absolute atomic E-state index is 12.6. The summed E-state index contributed by atoms with van der Waals surface area (Å²) < 4.78 is 17.0. The van der Waals surface area contributed by atoms with Crippen LogP contribution in [0.1, 0.15) is 129 Å². The number of carbonyl (C=O) groups excluding carboxylic acids is 3. The summed E-state index contributed by atoms with van der Waals surface area (Å²) >= 11 is 0. The summed E-state index contributed by atoms with van der Waals surface area (Å²) in [6, 6.07) is -0.736. The number of rotatable bonds is 33. The Morgan fingerprint density at radius 3 is 1.73 bits per heavy atom. The van der Waals surface area contributed by atoms with Gasteiger partial charge in [0.2, 0.25) is 0 Å². The summed E-state index contributed by atoms with van der Waals surface area (Å²) in [5.41, 5.74) is 0. The molecule has 0 bridgehead atoms. The Labute approximate surface area is 311 Å². The molecule has 0 aromatic heterocycles. The molecule has 0 aliphatic heterocycles. The first-order valence-corrected chi connectivity index (χ1v) is 19.5. The lowest BCUT2D eigenvalue weighted by atomic mass is 10.1. The molecule has 0 heterocycles. The van der Waals surface area contributed by atoms with E-state index in [1.54, 1.807) is 21.1 Å². The molecule has 0 aromatic carbocycles. The van der Waals surface area contributed by atoms with Crippen molar-refractivity contribution in [3.63, 3.8) is 0 Å². The molecule has 0 N–H and O–H groups in total. The van der Waals surface area contributed by atoms with Crippen LogP contribution in [-0.4, -0.2) is 75.5 Å². The van der Waals surface area contributed by atoms with Gasteiger partial charge in [-0.3, -0.25) is 9.59 Å². The Morgan fingerprint density at radius 2 is 1.12 bits per heavy atom. The molecule has 2 atom stereocenters. The number of carboxylic acids is 1. The van der Waals surface area contributed by atoms with Gasteiger partial charge in [-0.05, 0) is 51.4 Å². The lowest BCUT2D eigenvalue weighted by Crippen LogP contribution is -2.55. The number of carboxylic acid groups (broad SMARTS) is 1. The SMILES string of the molecule is CCC/C=C/C=C/C=C/C=C/C=C/CCCCCCCC(=O)OC(COCCC(C(=O)[O-])[N+](C)(C)C)COC(=O)CCC/C=C/CCCCCC. The van der Waals surface area contributed by atoms with Crippen LogP contribution in [-0.2, 0) is 28.6 Å². The Balaban J connectivity index is 4.49. The smallest absolute Gasteiger partial charge is 0.306 e. The predicted octanol–water partition coefficient (Wildman–Crippen LogP) is 8.68. The number of quaternary nitrogens is 1. The monoisotopic (exact) mass is 714 g/mol.